The molecule has 1 aromatic heterocycles. The normalized spacial score (nSPS) is 10.3. The predicted octanol–water partition coefficient (Wildman–Crippen LogP) is 3.35. The Kier molecular flexibility index (Phi) is 6.49. The molecular formula is C16H19N3O2S2. The maximum absolute atomic E-state index is 12.1. The molecule has 0 bridgehead atoms. The van der Waals surface area contributed by atoms with Crippen LogP contribution in [0.4, 0.5) is 10.5 Å². The summed E-state index contributed by atoms with van der Waals surface area (Å²) >= 11 is 3.12. The first-order chi connectivity index (χ1) is 11.1. The van der Waals surface area contributed by atoms with Crippen LogP contribution in [-0.2, 0) is 11.3 Å². The third kappa shape index (κ3) is 5.61. The molecule has 0 atom stereocenters. The molecule has 5 nitrogen and oxygen atoms in total. The van der Waals surface area contributed by atoms with Crippen LogP contribution in [0.1, 0.15) is 16.9 Å². The Morgan fingerprint density at radius 1 is 1.26 bits per heavy atom. The van der Waals surface area contributed by atoms with Crippen LogP contribution in [0, 0.1) is 6.92 Å². The van der Waals surface area contributed by atoms with E-state index in [1.54, 1.807) is 11.3 Å². The van der Waals surface area contributed by atoms with Crippen molar-refractivity contribution in [2.75, 3.05) is 11.1 Å². The Labute approximate surface area is 143 Å². The molecule has 0 aliphatic carbocycles. The zero-order valence-corrected chi connectivity index (χ0v) is 14.4. The Morgan fingerprint density at radius 3 is 2.74 bits per heavy atom. The van der Waals surface area contributed by atoms with Gasteiger partial charge in [0.25, 0.3) is 0 Å². The van der Waals surface area contributed by atoms with Gasteiger partial charge in [0.15, 0.2) is 0 Å². The van der Waals surface area contributed by atoms with E-state index in [1.165, 1.54) is 17.3 Å². The maximum atomic E-state index is 12.1. The third-order valence-electron chi connectivity index (χ3n) is 3.12. The van der Waals surface area contributed by atoms with Gasteiger partial charge >= 0.3 is 6.03 Å². The highest BCUT2D eigenvalue weighted by molar-refractivity contribution is 7.99. The molecule has 0 unspecified atom stereocenters. The first-order valence-corrected chi connectivity index (χ1v) is 9.00. The van der Waals surface area contributed by atoms with Gasteiger partial charge in [-0.3, -0.25) is 4.79 Å². The number of primary amides is 1. The summed E-state index contributed by atoms with van der Waals surface area (Å²) in [5.41, 5.74) is 7.05. The highest BCUT2D eigenvalue weighted by Gasteiger charge is 2.08. The van der Waals surface area contributed by atoms with Crippen molar-refractivity contribution in [1.29, 1.82) is 0 Å². The number of rotatable bonds is 7. The summed E-state index contributed by atoms with van der Waals surface area (Å²) in [6.07, 6.45) is 0.308. The van der Waals surface area contributed by atoms with Crippen molar-refractivity contribution in [2.24, 2.45) is 5.73 Å². The quantitative estimate of drug-likeness (QED) is 0.670. The maximum Gasteiger partial charge on any atom is 0.319 e. The van der Waals surface area contributed by atoms with Gasteiger partial charge < -0.3 is 16.4 Å². The van der Waals surface area contributed by atoms with E-state index < -0.39 is 0 Å². The highest BCUT2D eigenvalue weighted by atomic mass is 32.2. The molecular weight excluding hydrogens is 330 g/mol. The fourth-order valence-corrected chi connectivity index (χ4v) is 3.69. The number of aryl methyl sites for hydroxylation is 1. The van der Waals surface area contributed by atoms with Crippen molar-refractivity contribution in [1.82, 2.24) is 5.32 Å². The lowest BCUT2D eigenvalue weighted by Gasteiger charge is -2.11. The number of hydrogen-bond donors (Lipinski definition) is 3. The van der Waals surface area contributed by atoms with E-state index >= 15 is 0 Å². The number of nitrogens with one attached hydrogen (secondary N) is 2. The van der Waals surface area contributed by atoms with Crippen LogP contribution in [0.15, 0.2) is 40.6 Å². The Morgan fingerprint density at radius 2 is 2.04 bits per heavy atom. The second-order valence-corrected chi connectivity index (χ2v) is 7.03. The zero-order chi connectivity index (χ0) is 16.7. The molecule has 122 valence electrons. The van der Waals surface area contributed by atoms with E-state index in [4.69, 9.17) is 5.73 Å². The molecule has 0 aliphatic rings. The molecule has 0 fully saturated rings. The smallest absolute Gasteiger partial charge is 0.319 e. The van der Waals surface area contributed by atoms with Gasteiger partial charge in [-0.15, -0.1) is 23.1 Å². The van der Waals surface area contributed by atoms with Crippen LogP contribution in [0.5, 0.6) is 0 Å². The molecule has 1 heterocycles. The Hall–Kier alpha value is -1.99. The number of anilines is 1. The topological polar surface area (TPSA) is 84.2 Å². The molecule has 2 aromatic rings. The van der Waals surface area contributed by atoms with E-state index in [0.29, 0.717) is 18.7 Å². The minimum Gasteiger partial charge on any atom is -0.370 e. The van der Waals surface area contributed by atoms with Crippen molar-refractivity contribution >= 4 is 40.7 Å². The van der Waals surface area contributed by atoms with Crippen LogP contribution < -0.4 is 16.4 Å². The average molecular weight is 349 g/mol. The summed E-state index contributed by atoms with van der Waals surface area (Å²) in [4.78, 5) is 24.9. The number of nitrogens with two attached hydrogens (primary N) is 1. The summed E-state index contributed by atoms with van der Waals surface area (Å²) in [6, 6.07) is 9.28. The van der Waals surface area contributed by atoms with E-state index in [2.05, 4.69) is 10.6 Å². The molecule has 23 heavy (non-hydrogen) atoms. The van der Waals surface area contributed by atoms with Crippen molar-refractivity contribution in [3.8, 4) is 0 Å². The Balaban J connectivity index is 1.89. The number of thiophene rings is 1. The van der Waals surface area contributed by atoms with Crippen molar-refractivity contribution in [2.45, 2.75) is 24.8 Å². The van der Waals surface area contributed by atoms with Gasteiger partial charge in [0.1, 0.15) is 0 Å². The van der Waals surface area contributed by atoms with Crippen molar-refractivity contribution in [3.63, 3.8) is 0 Å². The second-order valence-electron chi connectivity index (χ2n) is 4.90. The molecule has 0 saturated carbocycles. The lowest BCUT2D eigenvalue weighted by molar-refractivity contribution is -0.117. The summed E-state index contributed by atoms with van der Waals surface area (Å²) < 4.78 is 0. The van der Waals surface area contributed by atoms with E-state index in [0.717, 1.165) is 15.5 Å². The number of thioether (sulfide) groups is 1. The number of hydrogen-bond acceptors (Lipinski definition) is 4. The number of urea groups is 1. The summed E-state index contributed by atoms with van der Waals surface area (Å²) in [5, 5.41) is 7.71. The van der Waals surface area contributed by atoms with Crippen molar-refractivity contribution < 1.29 is 9.59 Å². The first kappa shape index (κ1) is 17.4. The Bertz CT molecular complexity index is 685. The summed E-state index contributed by atoms with van der Waals surface area (Å²) in [6.45, 7) is 2.53. The van der Waals surface area contributed by atoms with Crippen molar-refractivity contribution in [3.05, 3.63) is 46.2 Å². The molecule has 2 rings (SSSR count). The van der Waals surface area contributed by atoms with Gasteiger partial charge in [-0.25, -0.2) is 4.79 Å². The van der Waals surface area contributed by atoms with E-state index in [9.17, 15) is 9.59 Å². The predicted molar refractivity (Wildman–Crippen MR) is 95.9 cm³/mol. The molecule has 4 N–H and O–H groups in total. The molecule has 0 aliphatic heterocycles. The number of amides is 3. The standard InChI is InChI=1S/C16H19N3O2S2/c1-11-6-8-23-14(11)10-18-16(21)19-12-4-2-3-5-13(12)22-9-7-15(17)20/h2-6,8H,7,9-10H2,1H3,(H2,17,20)(H2,18,19,21). The fourth-order valence-electron chi connectivity index (χ4n) is 1.87. The first-order valence-electron chi connectivity index (χ1n) is 7.14. The lowest BCUT2D eigenvalue weighted by Crippen LogP contribution is -2.28. The number of benzene rings is 1. The fraction of sp³-hybridized carbons (Fsp3) is 0.250. The number of para-hydroxylation sites is 1. The molecule has 0 radical (unpaired) electrons. The summed E-state index contributed by atoms with van der Waals surface area (Å²) in [7, 11) is 0. The molecule has 7 heteroatoms. The van der Waals surface area contributed by atoms with Crippen LogP contribution in [-0.4, -0.2) is 17.7 Å². The average Bonchev–Trinajstić information content (AvgIpc) is 2.92. The highest BCUT2D eigenvalue weighted by Crippen LogP contribution is 2.27. The van der Waals surface area contributed by atoms with Crippen LogP contribution in [0.25, 0.3) is 0 Å². The zero-order valence-electron chi connectivity index (χ0n) is 12.8. The summed E-state index contributed by atoms with van der Waals surface area (Å²) in [5.74, 6) is 0.260. The van der Waals surface area contributed by atoms with Gasteiger partial charge in [-0.05, 0) is 36.1 Å². The third-order valence-corrected chi connectivity index (χ3v) is 5.22. The molecule has 1 aromatic carbocycles. The SMILES string of the molecule is Cc1ccsc1CNC(=O)Nc1ccccc1SCCC(N)=O. The number of carbonyl (C=O) groups is 2. The van der Waals surface area contributed by atoms with E-state index in [-0.39, 0.29) is 11.9 Å². The minimum atomic E-state index is -0.327. The van der Waals surface area contributed by atoms with Gasteiger partial charge in [-0.1, -0.05) is 12.1 Å². The monoisotopic (exact) mass is 349 g/mol. The van der Waals surface area contributed by atoms with Crippen LogP contribution in [0.3, 0.4) is 0 Å². The second kappa shape index (κ2) is 8.59. The van der Waals surface area contributed by atoms with Crippen LogP contribution >= 0.6 is 23.1 Å². The van der Waals surface area contributed by atoms with Crippen LogP contribution in [0.2, 0.25) is 0 Å². The number of carbonyl (C=O) groups excluding carboxylic acids is 2. The molecule has 0 saturated heterocycles. The van der Waals surface area contributed by atoms with Gasteiger partial charge in [0.05, 0.1) is 12.2 Å². The van der Waals surface area contributed by atoms with Gasteiger partial charge in [0, 0.05) is 21.9 Å². The molecule has 3 amide bonds. The van der Waals surface area contributed by atoms with Gasteiger partial charge in [-0.2, -0.15) is 0 Å². The lowest BCUT2D eigenvalue weighted by atomic mass is 10.3. The van der Waals surface area contributed by atoms with E-state index in [1.807, 2.05) is 42.6 Å². The molecule has 0 spiro atoms. The van der Waals surface area contributed by atoms with Gasteiger partial charge in [0.2, 0.25) is 5.91 Å². The minimum absolute atomic E-state index is 0.249. The largest absolute Gasteiger partial charge is 0.370 e.